The molecule has 0 bridgehead atoms. The van der Waals surface area contributed by atoms with E-state index < -0.39 is 10.0 Å². The summed E-state index contributed by atoms with van der Waals surface area (Å²) >= 11 is 0. The van der Waals surface area contributed by atoms with Crippen LogP contribution in [0.2, 0.25) is 0 Å². The summed E-state index contributed by atoms with van der Waals surface area (Å²) in [6.45, 7) is 0. The van der Waals surface area contributed by atoms with Crippen LogP contribution in [0.25, 0.3) is 5.69 Å². The van der Waals surface area contributed by atoms with Crippen LogP contribution < -0.4 is 5.32 Å². The molecule has 0 spiro atoms. The number of aromatic nitrogens is 4. The van der Waals surface area contributed by atoms with E-state index in [1.54, 1.807) is 38.4 Å². The van der Waals surface area contributed by atoms with E-state index >= 15 is 0 Å². The summed E-state index contributed by atoms with van der Waals surface area (Å²) in [6.07, 6.45) is 0. The quantitative estimate of drug-likeness (QED) is 0.598. The third-order valence-corrected chi connectivity index (χ3v) is 6.09. The molecule has 2 aromatic carbocycles. The van der Waals surface area contributed by atoms with Gasteiger partial charge in [-0.3, -0.25) is 9.59 Å². The van der Waals surface area contributed by atoms with Crippen LogP contribution in [0.1, 0.15) is 21.0 Å². The topological polar surface area (TPSA) is 130 Å². The van der Waals surface area contributed by atoms with Gasteiger partial charge in [-0.25, -0.2) is 12.7 Å². The van der Waals surface area contributed by atoms with Crippen LogP contribution >= 0.6 is 0 Å². The van der Waals surface area contributed by atoms with Crippen molar-refractivity contribution in [1.29, 1.82) is 0 Å². The number of nitrogens with one attached hydrogen (secondary N) is 1. The molecule has 0 unspecified atom stereocenters. The molecule has 0 aliphatic rings. The van der Waals surface area contributed by atoms with Crippen molar-refractivity contribution >= 4 is 27.5 Å². The van der Waals surface area contributed by atoms with Crippen LogP contribution in [0.15, 0.2) is 53.4 Å². The van der Waals surface area contributed by atoms with Gasteiger partial charge in [-0.15, -0.1) is 15.0 Å². The van der Waals surface area contributed by atoms with Gasteiger partial charge in [0.15, 0.2) is 0 Å². The predicted molar refractivity (Wildman–Crippen MR) is 112 cm³/mol. The van der Waals surface area contributed by atoms with Gasteiger partial charge >= 0.3 is 0 Å². The molecule has 1 aromatic heterocycles. The van der Waals surface area contributed by atoms with Crippen molar-refractivity contribution in [3.63, 3.8) is 0 Å². The highest BCUT2D eigenvalue weighted by Crippen LogP contribution is 2.16. The van der Waals surface area contributed by atoms with E-state index in [2.05, 4.69) is 20.7 Å². The molecule has 0 aliphatic carbocycles. The summed E-state index contributed by atoms with van der Waals surface area (Å²) in [5, 5.41) is 14.4. The number of rotatable bonds is 6. The molecule has 0 fully saturated rings. The van der Waals surface area contributed by atoms with Gasteiger partial charge in [0, 0.05) is 39.4 Å². The average Bonchev–Trinajstić information content (AvgIpc) is 3.23. The summed E-state index contributed by atoms with van der Waals surface area (Å²) in [4.78, 5) is 27.0. The smallest absolute Gasteiger partial charge is 0.294 e. The number of benzene rings is 2. The number of carbonyl (C=O) groups excluding carboxylic acids is 2. The second-order valence-corrected chi connectivity index (χ2v) is 9.07. The van der Waals surface area contributed by atoms with Crippen molar-refractivity contribution in [1.82, 2.24) is 29.4 Å². The molecular formula is C19H21N7O4S. The number of amides is 2. The first-order valence-corrected chi connectivity index (χ1v) is 10.5. The van der Waals surface area contributed by atoms with E-state index in [-0.39, 0.29) is 22.5 Å². The Morgan fingerprint density at radius 3 is 2.10 bits per heavy atom. The predicted octanol–water partition coefficient (Wildman–Crippen LogP) is 0.867. The first-order valence-electron chi connectivity index (χ1n) is 9.05. The number of hydrogen-bond donors (Lipinski definition) is 1. The molecule has 11 nitrogen and oxygen atoms in total. The molecular weight excluding hydrogens is 422 g/mol. The lowest BCUT2D eigenvalue weighted by Crippen LogP contribution is -2.23. The van der Waals surface area contributed by atoms with Crippen LogP contribution in [0.4, 0.5) is 5.69 Å². The SMILES string of the molecule is CN(C)C(=O)c1nnn(-c2ccc(NC(=O)c3ccc(S(=O)(=O)N(C)C)cc3)cc2)n1. The summed E-state index contributed by atoms with van der Waals surface area (Å²) in [7, 11) is 2.51. The zero-order chi connectivity index (χ0) is 22.8. The first-order chi connectivity index (χ1) is 14.6. The second-order valence-electron chi connectivity index (χ2n) is 6.91. The Morgan fingerprint density at radius 1 is 0.935 bits per heavy atom. The van der Waals surface area contributed by atoms with Gasteiger partial charge in [0.1, 0.15) is 0 Å². The van der Waals surface area contributed by atoms with Gasteiger partial charge in [-0.1, -0.05) is 0 Å². The summed E-state index contributed by atoms with van der Waals surface area (Å²) in [6, 6.07) is 12.3. The van der Waals surface area contributed by atoms with E-state index in [0.717, 1.165) is 4.31 Å². The van der Waals surface area contributed by atoms with Crippen molar-refractivity contribution in [3.05, 3.63) is 59.9 Å². The lowest BCUT2D eigenvalue weighted by Gasteiger charge is -2.11. The minimum absolute atomic E-state index is 0.0258. The Bertz CT molecular complexity index is 1200. The van der Waals surface area contributed by atoms with E-state index in [1.807, 2.05) is 0 Å². The summed E-state index contributed by atoms with van der Waals surface area (Å²) in [5.41, 5.74) is 1.39. The highest BCUT2D eigenvalue weighted by Gasteiger charge is 2.18. The molecule has 0 aliphatic heterocycles. The zero-order valence-corrected chi connectivity index (χ0v) is 18.2. The standard InChI is InChI=1S/C19H21N7O4S/c1-24(2)19(28)17-21-23-26(22-17)15-9-7-14(8-10-15)20-18(27)13-5-11-16(12-6-13)31(29,30)25(3)4/h5-12H,1-4H3,(H,20,27). The van der Waals surface area contributed by atoms with Crippen molar-refractivity contribution in [2.45, 2.75) is 4.90 Å². The van der Waals surface area contributed by atoms with Gasteiger partial charge in [-0.2, -0.15) is 0 Å². The van der Waals surface area contributed by atoms with Crippen molar-refractivity contribution < 1.29 is 18.0 Å². The molecule has 2 amide bonds. The molecule has 3 rings (SSSR count). The lowest BCUT2D eigenvalue weighted by atomic mass is 10.2. The molecule has 162 valence electrons. The van der Waals surface area contributed by atoms with E-state index in [0.29, 0.717) is 16.9 Å². The van der Waals surface area contributed by atoms with Crippen LogP contribution in [-0.4, -0.2) is 77.8 Å². The zero-order valence-electron chi connectivity index (χ0n) is 17.3. The maximum atomic E-state index is 12.5. The largest absolute Gasteiger partial charge is 0.342 e. The normalized spacial score (nSPS) is 11.4. The summed E-state index contributed by atoms with van der Waals surface area (Å²) in [5.74, 6) is -0.777. The van der Waals surface area contributed by atoms with Gasteiger partial charge in [0.2, 0.25) is 10.0 Å². The Labute approximate surface area is 179 Å². The first kappa shape index (κ1) is 22.1. The second kappa shape index (κ2) is 8.62. The third-order valence-electron chi connectivity index (χ3n) is 4.26. The number of anilines is 1. The number of sulfonamides is 1. The lowest BCUT2D eigenvalue weighted by molar-refractivity contribution is 0.0815. The van der Waals surface area contributed by atoms with Crippen LogP contribution in [0.5, 0.6) is 0 Å². The Morgan fingerprint density at radius 2 is 1.55 bits per heavy atom. The molecule has 1 heterocycles. The van der Waals surface area contributed by atoms with Gasteiger partial charge in [-0.05, 0) is 53.7 Å². The number of carbonyl (C=O) groups is 2. The van der Waals surface area contributed by atoms with Gasteiger partial charge < -0.3 is 10.2 Å². The highest BCUT2D eigenvalue weighted by molar-refractivity contribution is 7.89. The maximum absolute atomic E-state index is 12.5. The fourth-order valence-electron chi connectivity index (χ4n) is 2.48. The summed E-state index contributed by atoms with van der Waals surface area (Å²) < 4.78 is 25.3. The van der Waals surface area contributed by atoms with Crippen molar-refractivity contribution in [3.8, 4) is 5.69 Å². The fraction of sp³-hybridized carbons (Fsp3) is 0.211. The monoisotopic (exact) mass is 443 g/mol. The average molecular weight is 443 g/mol. The van der Waals surface area contributed by atoms with Gasteiger partial charge in [0.25, 0.3) is 17.6 Å². The molecule has 0 radical (unpaired) electrons. The number of nitrogens with zero attached hydrogens (tertiary/aromatic N) is 6. The molecule has 3 aromatic rings. The Balaban J connectivity index is 1.70. The third kappa shape index (κ3) is 4.75. The van der Waals surface area contributed by atoms with Crippen LogP contribution in [-0.2, 0) is 10.0 Å². The highest BCUT2D eigenvalue weighted by atomic mass is 32.2. The number of hydrogen-bond acceptors (Lipinski definition) is 7. The molecule has 0 saturated carbocycles. The fourth-order valence-corrected chi connectivity index (χ4v) is 3.38. The Kier molecular flexibility index (Phi) is 6.13. The van der Waals surface area contributed by atoms with Crippen molar-refractivity contribution in [2.75, 3.05) is 33.5 Å². The molecule has 0 saturated heterocycles. The van der Waals surface area contributed by atoms with Gasteiger partial charge in [0.05, 0.1) is 10.6 Å². The molecule has 1 N–H and O–H groups in total. The minimum Gasteiger partial charge on any atom is -0.342 e. The van der Waals surface area contributed by atoms with Crippen LogP contribution in [0, 0.1) is 0 Å². The maximum Gasteiger partial charge on any atom is 0.294 e. The Hall–Kier alpha value is -3.64. The molecule has 0 atom stereocenters. The van der Waals surface area contributed by atoms with E-state index in [1.165, 1.54) is 48.1 Å². The van der Waals surface area contributed by atoms with Crippen molar-refractivity contribution in [2.24, 2.45) is 0 Å². The number of tetrazole rings is 1. The van der Waals surface area contributed by atoms with E-state index in [9.17, 15) is 18.0 Å². The minimum atomic E-state index is -3.56. The molecule has 12 heteroatoms. The van der Waals surface area contributed by atoms with E-state index in [4.69, 9.17) is 0 Å². The molecule has 31 heavy (non-hydrogen) atoms. The van der Waals surface area contributed by atoms with Crippen LogP contribution in [0.3, 0.4) is 0 Å².